The van der Waals surface area contributed by atoms with Crippen LogP contribution in [-0.2, 0) is 32.1 Å². The molecule has 0 aliphatic heterocycles. The van der Waals surface area contributed by atoms with Crippen molar-refractivity contribution in [3.8, 4) is 0 Å². The molecule has 0 bridgehead atoms. The van der Waals surface area contributed by atoms with Crippen molar-refractivity contribution in [3.63, 3.8) is 0 Å². The quantitative estimate of drug-likeness (QED) is 0.412. The Morgan fingerprint density at radius 3 is 1.86 bits per heavy atom. The van der Waals surface area contributed by atoms with Gasteiger partial charge in [-0.2, -0.15) is 0 Å². The fourth-order valence-corrected chi connectivity index (χ4v) is 0. The maximum absolute atomic E-state index is 9.49. The van der Waals surface area contributed by atoms with Crippen molar-refractivity contribution in [2.75, 3.05) is 0 Å². The fourth-order valence-electron chi connectivity index (χ4n) is 0. The summed E-state index contributed by atoms with van der Waals surface area (Å²) in [5, 5.41) is 9.49. The molecule has 0 radical (unpaired) electrons. The zero-order valence-electron chi connectivity index (χ0n) is 4.23. The van der Waals surface area contributed by atoms with Crippen molar-refractivity contribution >= 4 is 5.97 Å². The fraction of sp³-hybridized carbons (Fsp3) is 0.250. The van der Waals surface area contributed by atoms with Crippen molar-refractivity contribution in [1.82, 2.24) is 0 Å². The summed E-state index contributed by atoms with van der Waals surface area (Å²) >= 11 is 0. The van der Waals surface area contributed by atoms with Crippen LogP contribution in [0.2, 0.25) is 0 Å². The van der Waals surface area contributed by atoms with Crippen LogP contribution >= 0.6 is 0 Å². The molecule has 0 heterocycles. The molecular weight excluding hydrogens is 192 g/mol. The molecule has 0 N–H and O–H groups in total. The van der Waals surface area contributed by atoms with E-state index in [-0.39, 0.29) is 32.9 Å². The first-order valence-corrected chi connectivity index (χ1v) is 1.51. The van der Waals surface area contributed by atoms with Crippen LogP contribution in [0.1, 0.15) is 6.92 Å². The number of carbonyl (C=O) groups excluding carboxylic acids is 1. The Morgan fingerprint density at radius 1 is 1.71 bits per heavy atom. The average Bonchev–Trinajstić information content (AvgIpc) is 1.36. The summed E-state index contributed by atoms with van der Waals surface area (Å²) < 4.78 is 0. The van der Waals surface area contributed by atoms with Gasteiger partial charge in [0.25, 0.3) is 0 Å². The zero-order chi connectivity index (χ0) is 5.15. The van der Waals surface area contributed by atoms with E-state index in [0.717, 1.165) is 0 Å². The van der Waals surface area contributed by atoms with Crippen LogP contribution < -0.4 is 5.11 Å². The summed E-state index contributed by atoms with van der Waals surface area (Å²) in [6.45, 7) is 4.48. The molecule has 0 saturated carbocycles. The van der Waals surface area contributed by atoms with Gasteiger partial charge < -0.3 is 9.90 Å². The molecule has 7 heavy (non-hydrogen) atoms. The zero-order valence-corrected chi connectivity index (χ0v) is 8.27. The van der Waals surface area contributed by atoms with Gasteiger partial charge >= 0.3 is 0 Å². The van der Waals surface area contributed by atoms with Gasteiger partial charge in [-0.15, -0.1) is 0 Å². The van der Waals surface area contributed by atoms with Gasteiger partial charge in [0.1, 0.15) is 0 Å². The van der Waals surface area contributed by atoms with Crippen LogP contribution in [0.3, 0.4) is 0 Å². The first-order valence-electron chi connectivity index (χ1n) is 1.51. The van der Waals surface area contributed by atoms with Crippen molar-refractivity contribution in [2.24, 2.45) is 0 Å². The van der Waals surface area contributed by atoms with Gasteiger partial charge in [-0.05, 0) is 12.5 Å². The third-order valence-corrected chi connectivity index (χ3v) is 0.348. The molecule has 0 aliphatic rings. The summed E-state index contributed by atoms with van der Waals surface area (Å²) in [6.07, 6.45) is 0. The summed E-state index contributed by atoms with van der Waals surface area (Å²) in [7, 11) is 0. The van der Waals surface area contributed by atoms with Crippen LogP contribution in [-0.4, -0.2) is 5.97 Å². The van der Waals surface area contributed by atoms with Crippen molar-refractivity contribution in [2.45, 2.75) is 6.92 Å². The Labute approximate surface area is 62.4 Å². The molecule has 0 aliphatic carbocycles. The summed E-state index contributed by atoms with van der Waals surface area (Å²) in [5.74, 6) is -1.19. The molecule has 0 unspecified atom stereocenters. The first-order chi connectivity index (χ1) is 2.64. The minimum Gasteiger partial charge on any atom is -0.545 e. The van der Waals surface area contributed by atoms with Gasteiger partial charge in [0, 0.05) is 27.3 Å². The monoisotopic (exact) mass is 199 g/mol. The molecule has 0 aromatic heterocycles. The van der Waals surface area contributed by atoms with Crippen molar-refractivity contribution in [1.29, 1.82) is 0 Å². The molecule has 2 nitrogen and oxygen atoms in total. The summed E-state index contributed by atoms with van der Waals surface area (Å²) in [5.41, 5.74) is 0.0648. The molecule has 0 rings (SSSR count). The second-order valence-electron chi connectivity index (χ2n) is 1.07. The van der Waals surface area contributed by atoms with Gasteiger partial charge in [-0.3, -0.25) is 0 Å². The first kappa shape index (κ1) is 10.2. The van der Waals surface area contributed by atoms with Gasteiger partial charge in [0.15, 0.2) is 0 Å². The van der Waals surface area contributed by atoms with E-state index in [1.807, 2.05) is 0 Å². The van der Waals surface area contributed by atoms with E-state index in [0.29, 0.717) is 0 Å². The number of carbonyl (C=O) groups is 1. The Bertz CT molecular complexity index is 75.7. The summed E-state index contributed by atoms with van der Waals surface area (Å²) in [4.78, 5) is 9.49. The van der Waals surface area contributed by atoms with Crippen LogP contribution in [0.15, 0.2) is 12.2 Å². The van der Waals surface area contributed by atoms with E-state index in [1.54, 1.807) is 0 Å². The molecule has 3 heteroatoms. The van der Waals surface area contributed by atoms with E-state index >= 15 is 0 Å². The van der Waals surface area contributed by atoms with Gasteiger partial charge in [-0.25, -0.2) is 0 Å². The number of hydrogen-bond acceptors (Lipinski definition) is 2. The predicted octanol–water partition coefficient (Wildman–Crippen LogP) is -0.690. The maximum Gasteiger partial charge on any atom is 0.0666 e. The SMILES string of the molecule is C=C(C)C(=O)[O-].[Cd]. The van der Waals surface area contributed by atoms with Gasteiger partial charge in [-0.1, -0.05) is 6.58 Å². The van der Waals surface area contributed by atoms with E-state index < -0.39 is 5.97 Å². The number of aliphatic carboxylic acids is 1. The Balaban J connectivity index is 0. The third kappa shape index (κ3) is 6.13. The summed E-state index contributed by atoms with van der Waals surface area (Å²) in [6, 6.07) is 0. The van der Waals surface area contributed by atoms with Gasteiger partial charge in [0.2, 0.25) is 0 Å². The van der Waals surface area contributed by atoms with E-state index in [2.05, 4.69) is 6.58 Å². The Hall–Kier alpha value is 0.132. The third-order valence-electron chi connectivity index (χ3n) is 0.348. The normalized spacial score (nSPS) is 6.43. The Morgan fingerprint density at radius 2 is 1.86 bits per heavy atom. The van der Waals surface area contributed by atoms with Crippen molar-refractivity contribution < 1.29 is 37.2 Å². The second-order valence-corrected chi connectivity index (χ2v) is 1.07. The largest absolute Gasteiger partial charge is 0.545 e. The van der Waals surface area contributed by atoms with E-state index in [9.17, 15) is 9.90 Å². The second kappa shape index (κ2) is 4.30. The smallest absolute Gasteiger partial charge is 0.0666 e. The number of carboxylic acids is 1. The minimum atomic E-state index is -1.19. The Kier molecular flexibility index (Phi) is 6.25. The molecule has 0 saturated heterocycles. The van der Waals surface area contributed by atoms with Crippen LogP contribution in [0.4, 0.5) is 0 Å². The number of rotatable bonds is 1. The van der Waals surface area contributed by atoms with Gasteiger partial charge in [0.05, 0.1) is 5.97 Å². The van der Waals surface area contributed by atoms with E-state index in [4.69, 9.17) is 0 Å². The minimum absolute atomic E-state index is 0. The number of hydrogen-bond donors (Lipinski definition) is 0. The molecule has 0 aromatic carbocycles. The maximum atomic E-state index is 9.49. The van der Waals surface area contributed by atoms with Crippen LogP contribution in [0, 0.1) is 0 Å². The topological polar surface area (TPSA) is 40.1 Å². The van der Waals surface area contributed by atoms with Crippen LogP contribution in [0.25, 0.3) is 0 Å². The molecule has 0 atom stereocenters. The standard InChI is InChI=1S/C4H6O2.Cd/c1-3(2)4(5)6;/h1H2,2H3,(H,5,6);/p-1. The van der Waals surface area contributed by atoms with E-state index in [1.165, 1.54) is 6.92 Å². The molecule has 0 fully saturated rings. The average molecular weight is 197 g/mol. The molecule has 0 amide bonds. The molecular formula is C4H5CdO2-. The molecule has 36 valence electrons. The van der Waals surface area contributed by atoms with Crippen molar-refractivity contribution in [3.05, 3.63) is 12.2 Å². The molecule has 0 aromatic rings. The molecule has 0 spiro atoms. The van der Waals surface area contributed by atoms with Crippen LogP contribution in [0.5, 0.6) is 0 Å². The predicted molar refractivity (Wildman–Crippen MR) is 19.8 cm³/mol. The number of carboxylic acid groups (broad SMARTS) is 1.